The van der Waals surface area contributed by atoms with Gasteiger partial charge in [-0.25, -0.2) is 0 Å². The van der Waals surface area contributed by atoms with Crippen LogP contribution in [0, 0.1) is 13.8 Å². The van der Waals surface area contributed by atoms with Crippen molar-refractivity contribution in [2.75, 3.05) is 7.05 Å². The van der Waals surface area contributed by atoms with Crippen LogP contribution in [0.5, 0.6) is 0 Å². The SMILES string of the molecule is C=Cc1ccccc1-c1cc(C)ccc1C.CC.CC.CC.CN. The van der Waals surface area contributed by atoms with Gasteiger partial charge in [0.2, 0.25) is 0 Å². The molecule has 0 aliphatic carbocycles. The van der Waals surface area contributed by atoms with E-state index >= 15 is 0 Å². The summed E-state index contributed by atoms with van der Waals surface area (Å²) in [7, 11) is 1.50. The van der Waals surface area contributed by atoms with Crippen LogP contribution in [-0.2, 0) is 0 Å². The smallest absolute Gasteiger partial charge is 0.0109 e. The van der Waals surface area contributed by atoms with E-state index in [1.54, 1.807) is 0 Å². The molecule has 0 fully saturated rings. The van der Waals surface area contributed by atoms with Gasteiger partial charge in [0.15, 0.2) is 0 Å². The van der Waals surface area contributed by atoms with E-state index in [2.05, 4.69) is 62.6 Å². The van der Waals surface area contributed by atoms with Crippen molar-refractivity contribution in [3.63, 3.8) is 0 Å². The predicted molar refractivity (Wildman–Crippen MR) is 116 cm³/mol. The Bertz CT molecular complexity index is 527. The van der Waals surface area contributed by atoms with Gasteiger partial charge >= 0.3 is 0 Å². The Morgan fingerprint density at radius 1 is 0.750 bits per heavy atom. The largest absolute Gasteiger partial charge is 0.333 e. The molecular formula is C23H39N. The summed E-state index contributed by atoms with van der Waals surface area (Å²) >= 11 is 0. The van der Waals surface area contributed by atoms with Gasteiger partial charge in [0.1, 0.15) is 0 Å². The molecule has 1 nitrogen and oxygen atoms in total. The van der Waals surface area contributed by atoms with Crippen LogP contribution < -0.4 is 5.73 Å². The van der Waals surface area contributed by atoms with Crippen LogP contribution in [-0.4, -0.2) is 7.05 Å². The first-order valence-corrected chi connectivity index (χ1v) is 9.09. The van der Waals surface area contributed by atoms with Gasteiger partial charge in [-0.1, -0.05) is 102 Å². The Balaban J connectivity index is -0.000000484. The van der Waals surface area contributed by atoms with Crippen LogP contribution >= 0.6 is 0 Å². The molecule has 0 aliphatic rings. The molecule has 0 unspecified atom stereocenters. The van der Waals surface area contributed by atoms with Gasteiger partial charge in [0.25, 0.3) is 0 Å². The normalized spacial score (nSPS) is 7.75. The first-order valence-electron chi connectivity index (χ1n) is 9.09. The number of nitrogens with two attached hydrogens (primary N) is 1. The monoisotopic (exact) mass is 329 g/mol. The van der Waals surface area contributed by atoms with E-state index in [1.165, 1.54) is 34.9 Å². The second-order valence-corrected chi connectivity index (χ2v) is 4.11. The molecule has 0 saturated carbocycles. The standard InChI is InChI=1S/C16H16.3C2H6.CH5N/c1-4-14-7-5-6-8-15(14)16-11-12(2)9-10-13(16)3;4*1-2/h4-11H,1H2,2-3H3;3*1-2H3;2H2,1H3. The minimum absolute atomic E-state index is 1.19. The second kappa shape index (κ2) is 19.2. The fraction of sp³-hybridized carbons (Fsp3) is 0.391. The minimum atomic E-state index is 1.19. The average Bonchev–Trinajstić information content (AvgIpc) is 2.70. The second-order valence-electron chi connectivity index (χ2n) is 4.11. The summed E-state index contributed by atoms with van der Waals surface area (Å²) in [5, 5.41) is 0. The molecule has 0 aromatic heterocycles. The highest BCUT2D eigenvalue weighted by atomic mass is 14.4. The Hall–Kier alpha value is -1.86. The number of hydrogen-bond acceptors (Lipinski definition) is 1. The Morgan fingerprint density at radius 3 is 1.75 bits per heavy atom. The molecule has 0 aliphatic heterocycles. The van der Waals surface area contributed by atoms with E-state index in [-0.39, 0.29) is 0 Å². The van der Waals surface area contributed by atoms with Crippen molar-refractivity contribution in [3.8, 4) is 11.1 Å². The number of benzene rings is 2. The maximum absolute atomic E-state index is 4.50. The molecule has 24 heavy (non-hydrogen) atoms. The van der Waals surface area contributed by atoms with Crippen LogP contribution in [0.3, 0.4) is 0 Å². The third-order valence-electron chi connectivity index (χ3n) is 2.86. The molecule has 0 atom stereocenters. The summed E-state index contributed by atoms with van der Waals surface area (Å²) in [4.78, 5) is 0. The lowest BCUT2D eigenvalue weighted by Crippen LogP contribution is -1.87. The lowest BCUT2D eigenvalue weighted by atomic mass is 9.95. The number of hydrogen-bond donors (Lipinski definition) is 1. The van der Waals surface area contributed by atoms with Crippen molar-refractivity contribution in [3.05, 3.63) is 65.7 Å². The lowest BCUT2D eigenvalue weighted by molar-refractivity contribution is 1.39. The Kier molecular flexibility index (Phi) is 21.6. The summed E-state index contributed by atoms with van der Waals surface area (Å²) in [6.45, 7) is 20.1. The summed E-state index contributed by atoms with van der Waals surface area (Å²) in [6.07, 6.45) is 1.91. The van der Waals surface area contributed by atoms with Gasteiger partial charge in [-0.15, -0.1) is 0 Å². The lowest BCUT2D eigenvalue weighted by Gasteiger charge is -2.10. The van der Waals surface area contributed by atoms with E-state index in [0.717, 1.165) is 0 Å². The minimum Gasteiger partial charge on any atom is -0.333 e. The molecule has 0 spiro atoms. The Labute approximate surface area is 151 Å². The van der Waals surface area contributed by atoms with Gasteiger partial charge in [-0.2, -0.15) is 0 Å². The zero-order chi connectivity index (χ0) is 19.5. The molecule has 2 aromatic carbocycles. The molecule has 1 heteroatoms. The topological polar surface area (TPSA) is 26.0 Å². The van der Waals surface area contributed by atoms with Gasteiger partial charge in [-0.05, 0) is 43.1 Å². The average molecular weight is 330 g/mol. The fourth-order valence-corrected chi connectivity index (χ4v) is 1.95. The highest BCUT2D eigenvalue weighted by molar-refractivity contribution is 5.77. The molecule has 2 rings (SSSR count). The van der Waals surface area contributed by atoms with Crippen molar-refractivity contribution >= 4 is 6.08 Å². The van der Waals surface area contributed by atoms with Crippen molar-refractivity contribution in [1.82, 2.24) is 0 Å². The molecule has 0 heterocycles. The maximum Gasteiger partial charge on any atom is -0.0109 e. The fourth-order valence-electron chi connectivity index (χ4n) is 1.95. The first kappa shape index (κ1) is 27.0. The third kappa shape index (κ3) is 9.32. The van der Waals surface area contributed by atoms with Crippen molar-refractivity contribution in [2.24, 2.45) is 5.73 Å². The quantitative estimate of drug-likeness (QED) is 0.616. The zero-order valence-corrected chi connectivity index (χ0v) is 17.4. The van der Waals surface area contributed by atoms with Crippen molar-refractivity contribution < 1.29 is 0 Å². The Morgan fingerprint density at radius 2 is 1.25 bits per heavy atom. The van der Waals surface area contributed by atoms with E-state index in [9.17, 15) is 0 Å². The van der Waals surface area contributed by atoms with Crippen LogP contribution in [0.4, 0.5) is 0 Å². The third-order valence-corrected chi connectivity index (χ3v) is 2.86. The van der Waals surface area contributed by atoms with Gasteiger partial charge < -0.3 is 5.73 Å². The highest BCUT2D eigenvalue weighted by Crippen LogP contribution is 2.28. The van der Waals surface area contributed by atoms with E-state index in [4.69, 9.17) is 0 Å². The molecular weight excluding hydrogens is 290 g/mol. The summed E-state index contributed by atoms with van der Waals surface area (Å²) in [5.74, 6) is 0. The van der Waals surface area contributed by atoms with Gasteiger partial charge in [-0.3, -0.25) is 0 Å². The van der Waals surface area contributed by atoms with Crippen LogP contribution in [0.25, 0.3) is 17.2 Å². The molecule has 2 aromatic rings. The summed E-state index contributed by atoms with van der Waals surface area (Å²) < 4.78 is 0. The van der Waals surface area contributed by atoms with Crippen LogP contribution in [0.15, 0.2) is 49.0 Å². The zero-order valence-electron chi connectivity index (χ0n) is 17.4. The molecule has 0 radical (unpaired) electrons. The van der Waals surface area contributed by atoms with Gasteiger partial charge in [0, 0.05) is 0 Å². The van der Waals surface area contributed by atoms with E-state index < -0.39 is 0 Å². The summed E-state index contributed by atoms with van der Waals surface area (Å²) in [6, 6.07) is 14.9. The van der Waals surface area contributed by atoms with Crippen LogP contribution in [0.2, 0.25) is 0 Å². The van der Waals surface area contributed by atoms with Crippen molar-refractivity contribution in [2.45, 2.75) is 55.4 Å². The molecule has 136 valence electrons. The molecule has 2 N–H and O–H groups in total. The molecule has 0 amide bonds. The first-order chi connectivity index (χ1) is 11.7. The predicted octanol–water partition coefficient (Wildman–Crippen LogP) is 7.27. The number of rotatable bonds is 2. The molecule has 0 bridgehead atoms. The van der Waals surface area contributed by atoms with Crippen LogP contribution in [0.1, 0.15) is 58.2 Å². The van der Waals surface area contributed by atoms with Crippen molar-refractivity contribution in [1.29, 1.82) is 0 Å². The van der Waals surface area contributed by atoms with E-state index in [1.807, 2.05) is 53.7 Å². The van der Waals surface area contributed by atoms with E-state index in [0.29, 0.717) is 0 Å². The molecule has 0 saturated heterocycles. The summed E-state index contributed by atoms with van der Waals surface area (Å²) in [5.41, 5.74) is 10.9. The maximum atomic E-state index is 4.50. The van der Waals surface area contributed by atoms with Gasteiger partial charge in [0.05, 0.1) is 0 Å². The highest BCUT2D eigenvalue weighted by Gasteiger charge is 2.04. The number of aryl methyl sites for hydroxylation is 2.